The van der Waals surface area contributed by atoms with Gasteiger partial charge in [-0.25, -0.2) is 0 Å². The Morgan fingerprint density at radius 1 is 1.25 bits per heavy atom. The number of cyclic esters (lactones) is 1. The Morgan fingerprint density at radius 3 is 2.69 bits per heavy atom. The maximum absolute atomic E-state index is 11.8. The SMILES string of the molecule is Cc1cccc(C2CCC(C)OC2=O)c1C. The summed E-state index contributed by atoms with van der Waals surface area (Å²) in [5, 5.41) is 0. The number of hydrogen-bond donors (Lipinski definition) is 0. The van der Waals surface area contributed by atoms with Crippen molar-refractivity contribution in [2.24, 2.45) is 0 Å². The third kappa shape index (κ3) is 1.97. The molecule has 0 spiro atoms. The normalized spacial score (nSPS) is 25.3. The van der Waals surface area contributed by atoms with Crippen molar-refractivity contribution in [1.29, 1.82) is 0 Å². The molecule has 0 amide bonds. The molecule has 1 aliphatic rings. The van der Waals surface area contributed by atoms with E-state index in [1.54, 1.807) is 0 Å². The van der Waals surface area contributed by atoms with Crippen molar-refractivity contribution in [2.75, 3.05) is 0 Å². The minimum Gasteiger partial charge on any atom is -0.462 e. The van der Waals surface area contributed by atoms with Crippen LogP contribution in [0.25, 0.3) is 0 Å². The zero-order chi connectivity index (χ0) is 11.7. The van der Waals surface area contributed by atoms with Gasteiger partial charge in [0.1, 0.15) is 0 Å². The largest absolute Gasteiger partial charge is 0.462 e. The molecular formula is C14H18O2. The van der Waals surface area contributed by atoms with Gasteiger partial charge in [-0.2, -0.15) is 0 Å². The van der Waals surface area contributed by atoms with Gasteiger partial charge in [0, 0.05) is 0 Å². The predicted octanol–water partition coefficient (Wildman–Crippen LogP) is 3.11. The molecule has 0 saturated carbocycles. The van der Waals surface area contributed by atoms with Crippen molar-refractivity contribution >= 4 is 5.97 Å². The molecule has 1 fully saturated rings. The number of esters is 1. The Bertz CT molecular complexity index is 409. The molecule has 0 radical (unpaired) electrons. The molecule has 1 heterocycles. The van der Waals surface area contributed by atoms with Gasteiger partial charge in [-0.3, -0.25) is 4.79 Å². The van der Waals surface area contributed by atoms with E-state index in [0.29, 0.717) is 0 Å². The van der Waals surface area contributed by atoms with Crippen molar-refractivity contribution in [3.63, 3.8) is 0 Å². The van der Waals surface area contributed by atoms with Crippen molar-refractivity contribution in [1.82, 2.24) is 0 Å². The van der Waals surface area contributed by atoms with Crippen LogP contribution in [0, 0.1) is 13.8 Å². The first kappa shape index (κ1) is 11.2. The summed E-state index contributed by atoms with van der Waals surface area (Å²) in [6.07, 6.45) is 1.95. The van der Waals surface area contributed by atoms with E-state index in [4.69, 9.17) is 4.74 Å². The number of ether oxygens (including phenoxy) is 1. The number of benzene rings is 1. The zero-order valence-electron chi connectivity index (χ0n) is 10.1. The number of carbonyl (C=O) groups excluding carboxylic acids is 1. The van der Waals surface area contributed by atoms with Gasteiger partial charge in [0.05, 0.1) is 12.0 Å². The van der Waals surface area contributed by atoms with Crippen molar-refractivity contribution in [3.05, 3.63) is 34.9 Å². The van der Waals surface area contributed by atoms with Gasteiger partial charge in [-0.1, -0.05) is 18.2 Å². The molecule has 0 bridgehead atoms. The Kier molecular flexibility index (Phi) is 2.99. The van der Waals surface area contributed by atoms with E-state index in [-0.39, 0.29) is 18.0 Å². The predicted molar refractivity (Wildman–Crippen MR) is 63.4 cm³/mol. The highest BCUT2D eigenvalue weighted by Crippen LogP contribution is 2.31. The lowest BCUT2D eigenvalue weighted by Crippen LogP contribution is -2.28. The summed E-state index contributed by atoms with van der Waals surface area (Å²) in [4.78, 5) is 11.8. The van der Waals surface area contributed by atoms with Crippen LogP contribution in [-0.4, -0.2) is 12.1 Å². The van der Waals surface area contributed by atoms with Gasteiger partial charge in [0.2, 0.25) is 0 Å². The zero-order valence-corrected chi connectivity index (χ0v) is 10.1. The molecule has 1 aromatic rings. The third-order valence-corrected chi connectivity index (χ3v) is 3.49. The van der Waals surface area contributed by atoms with Crippen LogP contribution >= 0.6 is 0 Å². The Hall–Kier alpha value is -1.31. The van der Waals surface area contributed by atoms with Gasteiger partial charge in [-0.05, 0) is 50.3 Å². The van der Waals surface area contributed by atoms with Crippen LogP contribution < -0.4 is 0 Å². The molecular weight excluding hydrogens is 200 g/mol. The summed E-state index contributed by atoms with van der Waals surface area (Å²) in [5.74, 6) is -0.122. The van der Waals surface area contributed by atoms with Crippen molar-refractivity contribution in [3.8, 4) is 0 Å². The van der Waals surface area contributed by atoms with Gasteiger partial charge in [0.15, 0.2) is 0 Å². The third-order valence-electron chi connectivity index (χ3n) is 3.49. The quantitative estimate of drug-likeness (QED) is 0.677. The van der Waals surface area contributed by atoms with Gasteiger partial charge < -0.3 is 4.74 Å². The molecule has 1 aliphatic heterocycles. The molecule has 2 rings (SSSR count). The van der Waals surface area contributed by atoms with Gasteiger partial charge in [-0.15, -0.1) is 0 Å². The Labute approximate surface area is 96.6 Å². The van der Waals surface area contributed by atoms with Crippen LogP contribution in [0.2, 0.25) is 0 Å². The number of rotatable bonds is 1. The lowest BCUT2D eigenvalue weighted by atomic mass is 9.87. The molecule has 0 N–H and O–H groups in total. The standard InChI is InChI=1S/C14H18O2/c1-9-5-4-6-12(11(9)3)13-8-7-10(2)16-14(13)15/h4-6,10,13H,7-8H2,1-3H3. The topological polar surface area (TPSA) is 26.3 Å². The average Bonchev–Trinajstić information content (AvgIpc) is 2.23. The fourth-order valence-corrected chi connectivity index (χ4v) is 2.29. The summed E-state index contributed by atoms with van der Waals surface area (Å²) >= 11 is 0. The van der Waals surface area contributed by atoms with E-state index in [2.05, 4.69) is 19.9 Å². The Balaban J connectivity index is 2.30. The highest BCUT2D eigenvalue weighted by molar-refractivity contribution is 5.79. The molecule has 86 valence electrons. The summed E-state index contributed by atoms with van der Waals surface area (Å²) in [6.45, 7) is 6.11. The smallest absolute Gasteiger partial charge is 0.313 e. The maximum Gasteiger partial charge on any atom is 0.313 e. The second-order valence-electron chi connectivity index (χ2n) is 4.67. The first-order valence-corrected chi connectivity index (χ1v) is 5.86. The van der Waals surface area contributed by atoms with Crippen LogP contribution in [0.4, 0.5) is 0 Å². The summed E-state index contributed by atoms with van der Waals surface area (Å²) < 4.78 is 5.31. The molecule has 2 unspecified atom stereocenters. The molecule has 16 heavy (non-hydrogen) atoms. The number of aryl methyl sites for hydroxylation is 1. The lowest BCUT2D eigenvalue weighted by molar-refractivity contribution is -0.155. The molecule has 0 aromatic heterocycles. The second-order valence-corrected chi connectivity index (χ2v) is 4.67. The first-order valence-electron chi connectivity index (χ1n) is 5.86. The van der Waals surface area contributed by atoms with Crippen LogP contribution in [0.5, 0.6) is 0 Å². The van der Waals surface area contributed by atoms with Crippen LogP contribution in [0.3, 0.4) is 0 Å². The minimum absolute atomic E-state index is 0.0592. The van der Waals surface area contributed by atoms with E-state index in [1.165, 1.54) is 11.1 Å². The minimum atomic E-state index is -0.0625. The average molecular weight is 218 g/mol. The van der Waals surface area contributed by atoms with Crippen molar-refractivity contribution < 1.29 is 9.53 Å². The molecule has 1 aromatic carbocycles. The van der Waals surface area contributed by atoms with Crippen LogP contribution in [0.15, 0.2) is 18.2 Å². The molecule has 2 atom stereocenters. The molecule has 1 saturated heterocycles. The summed E-state index contributed by atoms with van der Waals surface area (Å²) in [6, 6.07) is 6.14. The number of hydrogen-bond acceptors (Lipinski definition) is 2. The number of carbonyl (C=O) groups is 1. The summed E-state index contributed by atoms with van der Waals surface area (Å²) in [5.41, 5.74) is 3.60. The fourth-order valence-electron chi connectivity index (χ4n) is 2.29. The van der Waals surface area contributed by atoms with E-state index < -0.39 is 0 Å². The van der Waals surface area contributed by atoms with E-state index >= 15 is 0 Å². The molecule has 2 heteroatoms. The molecule has 2 nitrogen and oxygen atoms in total. The lowest BCUT2D eigenvalue weighted by Gasteiger charge is -2.27. The van der Waals surface area contributed by atoms with Gasteiger partial charge >= 0.3 is 5.97 Å². The summed E-state index contributed by atoms with van der Waals surface area (Å²) in [7, 11) is 0. The monoisotopic (exact) mass is 218 g/mol. The molecule has 0 aliphatic carbocycles. The second kappa shape index (κ2) is 4.28. The van der Waals surface area contributed by atoms with Gasteiger partial charge in [0.25, 0.3) is 0 Å². The van der Waals surface area contributed by atoms with Crippen molar-refractivity contribution in [2.45, 2.75) is 45.6 Å². The van der Waals surface area contributed by atoms with E-state index in [9.17, 15) is 4.79 Å². The fraction of sp³-hybridized carbons (Fsp3) is 0.500. The maximum atomic E-state index is 11.8. The van der Waals surface area contributed by atoms with E-state index in [0.717, 1.165) is 18.4 Å². The highest BCUT2D eigenvalue weighted by atomic mass is 16.5. The van der Waals surface area contributed by atoms with E-state index in [1.807, 2.05) is 19.1 Å². The Morgan fingerprint density at radius 2 is 2.00 bits per heavy atom. The van der Waals surface area contributed by atoms with Crippen LogP contribution in [-0.2, 0) is 9.53 Å². The highest BCUT2D eigenvalue weighted by Gasteiger charge is 2.30. The first-order chi connectivity index (χ1) is 7.59. The van der Waals surface area contributed by atoms with Crippen LogP contribution in [0.1, 0.15) is 42.4 Å².